The molecule has 0 bridgehead atoms. The summed E-state index contributed by atoms with van der Waals surface area (Å²) in [4.78, 5) is 28.0. The van der Waals surface area contributed by atoms with Gasteiger partial charge in [-0.05, 0) is 54.1 Å². The minimum absolute atomic E-state index is 0.151. The molecule has 1 saturated heterocycles. The van der Waals surface area contributed by atoms with Gasteiger partial charge in [0.25, 0.3) is 5.91 Å². The maximum Gasteiger partial charge on any atom is 0.335 e. The summed E-state index contributed by atoms with van der Waals surface area (Å²) < 4.78 is 0. The summed E-state index contributed by atoms with van der Waals surface area (Å²) in [7, 11) is 0. The van der Waals surface area contributed by atoms with Gasteiger partial charge in [-0.1, -0.05) is 42.5 Å². The summed E-state index contributed by atoms with van der Waals surface area (Å²) in [6, 6.07) is 16.1. The van der Waals surface area contributed by atoms with E-state index in [9.17, 15) is 9.59 Å². The van der Waals surface area contributed by atoms with Crippen molar-refractivity contribution < 1.29 is 14.7 Å². The molecule has 1 fully saturated rings. The molecule has 5 nitrogen and oxygen atoms in total. The predicted molar refractivity (Wildman–Crippen MR) is 104 cm³/mol. The fourth-order valence-electron chi connectivity index (χ4n) is 2.37. The third-order valence-electron chi connectivity index (χ3n) is 3.53. The lowest BCUT2D eigenvalue weighted by Crippen LogP contribution is -2.19. The van der Waals surface area contributed by atoms with Gasteiger partial charge < -0.3 is 10.4 Å². The number of aliphatic imine (C=N–C) groups is 1. The summed E-state index contributed by atoms with van der Waals surface area (Å²) in [6.07, 6.45) is 3.80. The van der Waals surface area contributed by atoms with E-state index in [0.717, 1.165) is 11.1 Å². The van der Waals surface area contributed by atoms with Gasteiger partial charge in [0.2, 0.25) is 0 Å². The third kappa shape index (κ3) is 4.49. The Hall–Kier alpha value is -3.12. The van der Waals surface area contributed by atoms with Crippen LogP contribution >= 0.6 is 11.8 Å². The molecule has 3 rings (SSSR count). The van der Waals surface area contributed by atoms with Crippen molar-refractivity contribution >= 4 is 40.6 Å². The van der Waals surface area contributed by atoms with E-state index in [1.165, 1.54) is 23.9 Å². The van der Waals surface area contributed by atoms with Crippen molar-refractivity contribution in [3.05, 3.63) is 82.3 Å². The zero-order valence-corrected chi connectivity index (χ0v) is 14.8. The molecule has 0 unspecified atom stereocenters. The Morgan fingerprint density at radius 1 is 1.15 bits per heavy atom. The lowest BCUT2D eigenvalue weighted by atomic mass is 10.1. The highest BCUT2D eigenvalue weighted by atomic mass is 32.2. The topological polar surface area (TPSA) is 78.8 Å². The van der Waals surface area contributed by atoms with Gasteiger partial charge in [-0.25, -0.2) is 9.79 Å². The van der Waals surface area contributed by atoms with Crippen molar-refractivity contribution in [1.29, 1.82) is 0 Å². The molecular weight excluding hydrogens is 348 g/mol. The lowest BCUT2D eigenvalue weighted by Gasteiger charge is -1.98. The van der Waals surface area contributed by atoms with Crippen LogP contribution in [0.1, 0.15) is 22.8 Å². The zero-order chi connectivity index (χ0) is 18.5. The van der Waals surface area contributed by atoms with Crippen molar-refractivity contribution in [2.75, 3.05) is 0 Å². The van der Waals surface area contributed by atoms with Crippen LogP contribution in [-0.2, 0) is 4.79 Å². The van der Waals surface area contributed by atoms with Crippen molar-refractivity contribution in [2.45, 2.75) is 6.92 Å². The molecule has 0 saturated carbocycles. The van der Waals surface area contributed by atoms with E-state index in [-0.39, 0.29) is 11.5 Å². The van der Waals surface area contributed by atoms with Crippen LogP contribution in [0, 0.1) is 0 Å². The lowest BCUT2D eigenvalue weighted by molar-refractivity contribution is -0.115. The van der Waals surface area contributed by atoms with E-state index in [2.05, 4.69) is 10.3 Å². The normalized spacial score (nSPS) is 17.6. The first-order chi connectivity index (χ1) is 12.5. The van der Waals surface area contributed by atoms with E-state index in [1.54, 1.807) is 12.1 Å². The van der Waals surface area contributed by atoms with Crippen molar-refractivity contribution in [1.82, 2.24) is 5.32 Å². The SMILES string of the molecule is CC(/C=C1\SC(=Nc2cccc(C(=O)O)c2)NC1=O)=C\c1ccccc1. The Bertz CT molecular complexity index is 947. The third-order valence-corrected chi connectivity index (χ3v) is 4.44. The molecule has 0 aromatic heterocycles. The molecule has 26 heavy (non-hydrogen) atoms. The number of aromatic carboxylic acids is 1. The first-order valence-corrected chi connectivity index (χ1v) is 8.69. The second kappa shape index (κ2) is 7.84. The van der Waals surface area contributed by atoms with Crippen LogP contribution < -0.4 is 5.32 Å². The van der Waals surface area contributed by atoms with Gasteiger partial charge in [0, 0.05) is 0 Å². The first-order valence-electron chi connectivity index (χ1n) is 7.87. The number of thioether (sulfide) groups is 1. The second-order valence-corrected chi connectivity index (χ2v) is 6.67. The molecule has 2 aromatic rings. The van der Waals surface area contributed by atoms with E-state index in [0.29, 0.717) is 15.8 Å². The summed E-state index contributed by atoms with van der Waals surface area (Å²) in [5.74, 6) is -1.23. The number of carbonyl (C=O) groups excluding carboxylic acids is 1. The van der Waals surface area contributed by atoms with Crippen LogP contribution in [0.5, 0.6) is 0 Å². The highest BCUT2D eigenvalue weighted by Gasteiger charge is 2.23. The fraction of sp³-hybridized carbons (Fsp3) is 0.0500. The number of nitrogens with zero attached hydrogens (tertiary/aromatic N) is 1. The van der Waals surface area contributed by atoms with Crippen molar-refractivity contribution in [3.8, 4) is 0 Å². The summed E-state index contributed by atoms with van der Waals surface area (Å²) >= 11 is 1.23. The van der Waals surface area contributed by atoms with Gasteiger partial charge in [0.15, 0.2) is 5.17 Å². The smallest absolute Gasteiger partial charge is 0.335 e. The van der Waals surface area contributed by atoms with Gasteiger partial charge in [0.05, 0.1) is 16.2 Å². The molecule has 6 heteroatoms. The molecular formula is C20H16N2O3S. The largest absolute Gasteiger partial charge is 0.478 e. The van der Waals surface area contributed by atoms with Crippen LogP contribution in [0.4, 0.5) is 5.69 Å². The first kappa shape index (κ1) is 17.7. The molecule has 0 spiro atoms. The Balaban J connectivity index is 1.79. The van der Waals surface area contributed by atoms with Gasteiger partial charge in [-0.3, -0.25) is 4.79 Å². The van der Waals surface area contributed by atoms with E-state index < -0.39 is 5.97 Å². The molecule has 0 atom stereocenters. The van der Waals surface area contributed by atoms with Gasteiger partial charge in [-0.2, -0.15) is 0 Å². The highest BCUT2D eigenvalue weighted by molar-refractivity contribution is 8.18. The average Bonchev–Trinajstić information content (AvgIpc) is 2.95. The van der Waals surface area contributed by atoms with Crippen LogP contribution in [0.25, 0.3) is 6.08 Å². The number of amides is 1. The Labute approximate surface area is 155 Å². The number of rotatable bonds is 4. The van der Waals surface area contributed by atoms with Crippen molar-refractivity contribution in [3.63, 3.8) is 0 Å². The number of nitrogens with one attached hydrogen (secondary N) is 1. The maximum absolute atomic E-state index is 12.1. The molecule has 1 amide bonds. The fourth-order valence-corrected chi connectivity index (χ4v) is 3.26. The predicted octanol–water partition coefficient (Wildman–Crippen LogP) is 4.22. The maximum atomic E-state index is 12.1. The molecule has 1 heterocycles. The molecule has 2 aromatic carbocycles. The van der Waals surface area contributed by atoms with Crippen LogP contribution in [-0.4, -0.2) is 22.2 Å². The number of allylic oxidation sites excluding steroid dienone is 2. The number of hydrogen-bond acceptors (Lipinski definition) is 4. The molecule has 0 radical (unpaired) electrons. The Morgan fingerprint density at radius 2 is 1.92 bits per heavy atom. The molecule has 1 aliphatic heterocycles. The van der Waals surface area contributed by atoms with Gasteiger partial charge in [-0.15, -0.1) is 0 Å². The molecule has 0 aliphatic carbocycles. The summed E-state index contributed by atoms with van der Waals surface area (Å²) in [6.45, 7) is 1.93. The quantitative estimate of drug-likeness (QED) is 0.796. The number of carbonyl (C=O) groups is 2. The standard InChI is InChI=1S/C20H16N2O3S/c1-13(10-14-6-3-2-4-7-14)11-17-18(23)22-20(26-17)21-16-9-5-8-15(12-16)19(24)25/h2-12H,1H3,(H,24,25)(H,21,22,23)/b13-10+,17-11-. The molecule has 2 N–H and O–H groups in total. The van der Waals surface area contributed by atoms with Crippen LogP contribution in [0.3, 0.4) is 0 Å². The highest BCUT2D eigenvalue weighted by Crippen LogP contribution is 2.27. The van der Waals surface area contributed by atoms with Gasteiger partial charge >= 0.3 is 5.97 Å². The summed E-state index contributed by atoms with van der Waals surface area (Å²) in [5.41, 5.74) is 2.64. The minimum atomic E-state index is -1.02. The molecule has 1 aliphatic rings. The average molecular weight is 364 g/mol. The Morgan fingerprint density at radius 3 is 2.65 bits per heavy atom. The van der Waals surface area contributed by atoms with Crippen LogP contribution in [0.15, 0.2) is 76.1 Å². The second-order valence-electron chi connectivity index (χ2n) is 5.64. The monoisotopic (exact) mass is 364 g/mol. The number of carboxylic acid groups (broad SMARTS) is 1. The number of benzene rings is 2. The van der Waals surface area contributed by atoms with Gasteiger partial charge in [0.1, 0.15) is 0 Å². The van der Waals surface area contributed by atoms with E-state index in [1.807, 2.05) is 49.4 Å². The minimum Gasteiger partial charge on any atom is -0.478 e. The van der Waals surface area contributed by atoms with E-state index in [4.69, 9.17) is 5.11 Å². The van der Waals surface area contributed by atoms with Crippen LogP contribution in [0.2, 0.25) is 0 Å². The van der Waals surface area contributed by atoms with Crippen molar-refractivity contribution in [2.24, 2.45) is 4.99 Å². The zero-order valence-electron chi connectivity index (χ0n) is 14.0. The molecule has 130 valence electrons. The number of carboxylic acids is 1. The summed E-state index contributed by atoms with van der Waals surface area (Å²) in [5, 5.41) is 12.2. The van der Waals surface area contributed by atoms with E-state index >= 15 is 0 Å². The Kier molecular flexibility index (Phi) is 5.34. The number of amidine groups is 1. The number of hydrogen-bond donors (Lipinski definition) is 2.